The highest BCUT2D eigenvalue weighted by atomic mass is 16.4. The smallest absolute Gasteiger partial charge is 0.326 e. The number of urea groups is 1. The summed E-state index contributed by atoms with van der Waals surface area (Å²) in [6.07, 6.45) is 1.02. The number of hydrogen-bond acceptors (Lipinski definition) is 3. The Hall–Kier alpha value is -2.05. The third-order valence-corrected chi connectivity index (χ3v) is 1.72. The van der Waals surface area contributed by atoms with Gasteiger partial charge in [0, 0.05) is 6.04 Å². The van der Waals surface area contributed by atoms with Crippen LogP contribution >= 0.6 is 0 Å². The van der Waals surface area contributed by atoms with Gasteiger partial charge in [-0.15, -0.1) is 6.58 Å². The quantitative estimate of drug-likeness (QED) is 0.445. The van der Waals surface area contributed by atoms with Gasteiger partial charge in [-0.2, -0.15) is 0 Å². The number of hydrogen-bond donors (Lipinski definition) is 4. The van der Waals surface area contributed by atoms with E-state index in [1.807, 2.05) is 0 Å². The summed E-state index contributed by atoms with van der Waals surface area (Å²) in [4.78, 5) is 32.4. The van der Waals surface area contributed by atoms with Crippen LogP contribution in [-0.2, 0) is 9.59 Å². The van der Waals surface area contributed by atoms with Crippen LogP contribution in [0.2, 0.25) is 0 Å². The van der Waals surface area contributed by atoms with E-state index in [1.165, 1.54) is 6.08 Å². The maximum Gasteiger partial charge on any atom is 0.326 e. The van der Waals surface area contributed by atoms with Crippen LogP contribution in [0.15, 0.2) is 12.7 Å². The van der Waals surface area contributed by atoms with E-state index in [4.69, 9.17) is 10.8 Å². The molecule has 2 atom stereocenters. The molecular formula is C9H15N3O4. The highest BCUT2D eigenvalue weighted by Crippen LogP contribution is 1.92. The van der Waals surface area contributed by atoms with E-state index in [2.05, 4.69) is 17.2 Å². The fraction of sp³-hybridized carbons (Fsp3) is 0.444. The van der Waals surface area contributed by atoms with Crippen LogP contribution in [0, 0.1) is 0 Å². The van der Waals surface area contributed by atoms with Crippen LogP contribution in [0.25, 0.3) is 0 Å². The van der Waals surface area contributed by atoms with Crippen molar-refractivity contribution < 1.29 is 19.5 Å². The van der Waals surface area contributed by atoms with Gasteiger partial charge in [0.05, 0.1) is 6.42 Å². The number of carbonyl (C=O) groups is 3. The number of carboxylic acids is 1. The minimum Gasteiger partial charge on any atom is -0.480 e. The van der Waals surface area contributed by atoms with Crippen LogP contribution < -0.4 is 16.4 Å². The lowest BCUT2D eigenvalue weighted by atomic mass is 10.2. The molecule has 7 nitrogen and oxygen atoms in total. The number of carboxylic acid groups (broad SMARTS) is 1. The lowest BCUT2D eigenvalue weighted by Gasteiger charge is -2.15. The first-order valence-corrected chi connectivity index (χ1v) is 4.57. The van der Waals surface area contributed by atoms with Crippen molar-refractivity contribution in [3.8, 4) is 0 Å². The standard InChI is InChI=1S/C9H15N3O4/c1-3-5(2)11-9(16)12-6(8(14)15)4-7(10)13/h3,5-6H,1,4H2,2H3,(H2,10,13)(H,14,15)(H2,11,12,16). The molecule has 0 aliphatic rings. The van der Waals surface area contributed by atoms with Gasteiger partial charge in [0.15, 0.2) is 0 Å². The molecule has 2 unspecified atom stereocenters. The Balaban J connectivity index is 4.29. The Morgan fingerprint density at radius 3 is 2.38 bits per heavy atom. The number of nitrogens with two attached hydrogens (primary N) is 1. The zero-order valence-corrected chi connectivity index (χ0v) is 8.90. The minimum atomic E-state index is -1.32. The first-order valence-electron chi connectivity index (χ1n) is 4.57. The molecule has 0 aliphatic heterocycles. The molecule has 0 radical (unpaired) electrons. The third-order valence-electron chi connectivity index (χ3n) is 1.72. The average molecular weight is 229 g/mol. The molecule has 0 rings (SSSR count). The number of primary amides is 1. The van der Waals surface area contributed by atoms with Gasteiger partial charge in [0.2, 0.25) is 5.91 Å². The number of amides is 3. The molecule has 16 heavy (non-hydrogen) atoms. The fourth-order valence-electron chi connectivity index (χ4n) is 0.867. The fourth-order valence-corrected chi connectivity index (χ4v) is 0.867. The van der Waals surface area contributed by atoms with Gasteiger partial charge >= 0.3 is 12.0 Å². The second-order valence-electron chi connectivity index (χ2n) is 3.20. The molecular weight excluding hydrogens is 214 g/mol. The zero-order chi connectivity index (χ0) is 12.7. The summed E-state index contributed by atoms with van der Waals surface area (Å²) in [5.74, 6) is -2.12. The Labute approximate surface area is 92.7 Å². The molecule has 90 valence electrons. The van der Waals surface area contributed by atoms with E-state index in [9.17, 15) is 14.4 Å². The van der Waals surface area contributed by atoms with Gasteiger partial charge in [-0.05, 0) is 6.92 Å². The number of rotatable bonds is 6. The summed E-state index contributed by atoms with van der Waals surface area (Å²) in [5, 5.41) is 13.2. The lowest BCUT2D eigenvalue weighted by Crippen LogP contribution is -2.49. The molecule has 0 aromatic rings. The highest BCUT2D eigenvalue weighted by Gasteiger charge is 2.22. The molecule has 0 aliphatic carbocycles. The summed E-state index contributed by atoms with van der Waals surface area (Å²) in [6, 6.07) is -2.32. The Morgan fingerprint density at radius 1 is 1.44 bits per heavy atom. The van der Waals surface area contributed by atoms with Gasteiger partial charge in [-0.25, -0.2) is 9.59 Å². The maximum absolute atomic E-state index is 11.2. The van der Waals surface area contributed by atoms with E-state index < -0.39 is 30.4 Å². The molecule has 7 heteroatoms. The summed E-state index contributed by atoms with van der Waals surface area (Å²) < 4.78 is 0. The first-order chi connectivity index (χ1) is 7.36. The number of aliphatic carboxylic acids is 1. The third kappa shape index (κ3) is 5.63. The van der Waals surface area contributed by atoms with Crippen molar-refractivity contribution in [3.63, 3.8) is 0 Å². The molecule has 0 fully saturated rings. The van der Waals surface area contributed by atoms with E-state index in [0.29, 0.717) is 0 Å². The molecule has 5 N–H and O–H groups in total. The van der Waals surface area contributed by atoms with Crippen LogP contribution in [0.4, 0.5) is 4.79 Å². The van der Waals surface area contributed by atoms with E-state index in [1.54, 1.807) is 6.92 Å². The Morgan fingerprint density at radius 2 is 2.00 bits per heavy atom. The molecule has 0 saturated heterocycles. The molecule has 3 amide bonds. The normalized spacial score (nSPS) is 13.3. The largest absolute Gasteiger partial charge is 0.480 e. The Kier molecular flexibility index (Phi) is 5.61. The SMILES string of the molecule is C=CC(C)NC(=O)NC(CC(N)=O)C(=O)O. The first kappa shape index (κ1) is 13.9. The lowest BCUT2D eigenvalue weighted by molar-refractivity contribution is -0.140. The molecule has 0 aromatic carbocycles. The van der Waals surface area contributed by atoms with Crippen molar-refractivity contribution in [1.82, 2.24) is 10.6 Å². The minimum absolute atomic E-state index is 0.303. The second kappa shape index (κ2) is 6.44. The number of nitrogens with one attached hydrogen (secondary N) is 2. The highest BCUT2D eigenvalue weighted by molar-refractivity contribution is 5.87. The van der Waals surface area contributed by atoms with Gasteiger partial charge in [-0.3, -0.25) is 4.79 Å². The second-order valence-corrected chi connectivity index (χ2v) is 3.20. The zero-order valence-electron chi connectivity index (χ0n) is 8.90. The summed E-state index contributed by atoms with van der Waals surface area (Å²) >= 11 is 0. The molecule has 0 saturated carbocycles. The van der Waals surface area contributed by atoms with Crippen molar-refractivity contribution in [3.05, 3.63) is 12.7 Å². The van der Waals surface area contributed by atoms with E-state index >= 15 is 0 Å². The molecule has 0 heterocycles. The summed E-state index contributed by atoms with van der Waals surface area (Å²) in [5.41, 5.74) is 4.84. The topological polar surface area (TPSA) is 122 Å². The van der Waals surface area contributed by atoms with Crippen molar-refractivity contribution >= 4 is 17.9 Å². The van der Waals surface area contributed by atoms with Gasteiger partial charge in [0.25, 0.3) is 0 Å². The van der Waals surface area contributed by atoms with Crippen molar-refractivity contribution in [2.75, 3.05) is 0 Å². The van der Waals surface area contributed by atoms with Crippen molar-refractivity contribution in [2.24, 2.45) is 5.73 Å². The molecule has 0 spiro atoms. The molecule has 0 bridgehead atoms. The van der Waals surface area contributed by atoms with Gasteiger partial charge < -0.3 is 21.5 Å². The monoisotopic (exact) mass is 229 g/mol. The van der Waals surface area contributed by atoms with Crippen molar-refractivity contribution in [2.45, 2.75) is 25.4 Å². The number of carbonyl (C=O) groups excluding carboxylic acids is 2. The van der Waals surface area contributed by atoms with Crippen LogP contribution in [-0.4, -0.2) is 35.1 Å². The van der Waals surface area contributed by atoms with E-state index in [0.717, 1.165) is 0 Å². The van der Waals surface area contributed by atoms with Crippen LogP contribution in [0.3, 0.4) is 0 Å². The van der Waals surface area contributed by atoms with Crippen LogP contribution in [0.1, 0.15) is 13.3 Å². The van der Waals surface area contributed by atoms with Gasteiger partial charge in [-0.1, -0.05) is 6.08 Å². The average Bonchev–Trinajstić information content (AvgIpc) is 2.15. The summed E-state index contributed by atoms with van der Waals surface area (Å²) in [7, 11) is 0. The molecule has 0 aromatic heterocycles. The predicted molar refractivity (Wildman–Crippen MR) is 56.6 cm³/mol. The van der Waals surface area contributed by atoms with Gasteiger partial charge in [0.1, 0.15) is 6.04 Å². The Bertz CT molecular complexity index is 303. The van der Waals surface area contributed by atoms with Crippen LogP contribution in [0.5, 0.6) is 0 Å². The predicted octanol–water partition coefficient (Wildman–Crippen LogP) is -0.811. The van der Waals surface area contributed by atoms with Crippen molar-refractivity contribution in [1.29, 1.82) is 0 Å². The van der Waals surface area contributed by atoms with E-state index in [-0.39, 0.29) is 6.04 Å². The maximum atomic E-state index is 11.2. The summed E-state index contributed by atoms with van der Waals surface area (Å²) in [6.45, 7) is 5.11.